The van der Waals surface area contributed by atoms with Crippen LogP contribution in [0.1, 0.15) is 20.3 Å². The number of nitrogens with two attached hydrogens (primary N) is 1. The van der Waals surface area contributed by atoms with Gasteiger partial charge in [0, 0.05) is 32.4 Å². The summed E-state index contributed by atoms with van der Waals surface area (Å²) in [7, 11) is 0. The van der Waals surface area contributed by atoms with Crippen LogP contribution >= 0.6 is 12.4 Å². The van der Waals surface area contributed by atoms with Gasteiger partial charge in [0.2, 0.25) is 5.91 Å². The van der Waals surface area contributed by atoms with E-state index in [0.717, 1.165) is 31.9 Å². The van der Waals surface area contributed by atoms with Crippen molar-refractivity contribution in [2.75, 3.05) is 31.1 Å². The molecule has 1 amide bonds. The van der Waals surface area contributed by atoms with Crippen LogP contribution in [0.3, 0.4) is 0 Å². The number of nitrogens with zero attached hydrogens (tertiary/aromatic N) is 4. The largest absolute Gasteiger partial charge is 0.353 e. The monoisotopic (exact) mass is 313 g/mol. The predicted octanol–water partition coefficient (Wildman–Crippen LogP) is 0.920. The molecule has 0 bridgehead atoms. The van der Waals surface area contributed by atoms with Crippen LogP contribution in [-0.4, -0.2) is 53.2 Å². The molecule has 1 atom stereocenters. The topological polar surface area (TPSA) is 75.4 Å². The van der Waals surface area contributed by atoms with E-state index in [2.05, 4.69) is 15.1 Å². The van der Waals surface area contributed by atoms with Gasteiger partial charge in [-0.1, -0.05) is 13.8 Å². The SMILES string of the molecule is CC(C)[C@H](N)C(=O)N1CCCN(c2cccnn2)CC1.Cl. The van der Waals surface area contributed by atoms with Gasteiger partial charge in [-0.15, -0.1) is 17.5 Å². The summed E-state index contributed by atoms with van der Waals surface area (Å²) in [6.07, 6.45) is 2.59. The molecular formula is C14H24ClN5O. The van der Waals surface area contributed by atoms with Crippen LogP contribution in [0.25, 0.3) is 0 Å². The minimum absolute atomic E-state index is 0. The zero-order valence-electron chi connectivity index (χ0n) is 12.6. The quantitative estimate of drug-likeness (QED) is 0.898. The predicted molar refractivity (Wildman–Crippen MR) is 85.5 cm³/mol. The first-order chi connectivity index (χ1) is 9.59. The average molecular weight is 314 g/mol. The second-order valence-electron chi connectivity index (χ2n) is 5.52. The summed E-state index contributed by atoms with van der Waals surface area (Å²) >= 11 is 0. The molecule has 2 N–H and O–H groups in total. The molecule has 1 aromatic heterocycles. The molecular weight excluding hydrogens is 290 g/mol. The molecule has 118 valence electrons. The summed E-state index contributed by atoms with van der Waals surface area (Å²) in [4.78, 5) is 16.3. The molecule has 1 fully saturated rings. The maximum atomic E-state index is 12.3. The van der Waals surface area contributed by atoms with Crippen molar-refractivity contribution in [2.24, 2.45) is 11.7 Å². The molecule has 2 rings (SSSR count). The number of halogens is 1. The molecule has 0 spiro atoms. The second kappa shape index (κ2) is 8.14. The fourth-order valence-electron chi connectivity index (χ4n) is 2.32. The number of hydrogen-bond donors (Lipinski definition) is 1. The highest BCUT2D eigenvalue weighted by molar-refractivity contribution is 5.85. The molecule has 1 aliphatic heterocycles. The van der Waals surface area contributed by atoms with Gasteiger partial charge in [0.1, 0.15) is 0 Å². The van der Waals surface area contributed by atoms with E-state index in [0.29, 0.717) is 6.54 Å². The van der Waals surface area contributed by atoms with Crippen LogP contribution in [0, 0.1) is 5.92 Å². The van der Waals surface area contributed by atoms with E-state index in [4.69, 9.17) is 5.73 Å². The van der Waals surface area contributed by atoms with Crippen LogP contribution in [0.15, 0.2) is 18.3 Å². The lowest BCUT2D eigenvalue weighted by atomic mass is 10.0. The van der Waals surface area contributed by atoms with Gasteiger partial charge in [0.15, 0.2) is 5.82 Å². The van der Waals surface area contributed by atoms with E-state index in [1.807, 2.05) is 30.9 Å². The average Bonchev–Trinajstić information content (AvgIpc) is 2.72. The van der Waals surface area contributed by atoms with Crippen LogP contribution in [0.5, 0.6) is 0 Å². The minimum Gasteiger partial charge on any atom is -0.353 e. The summed E-state index contributed by atoms with van der Waals surface area (Å²) in [5.41, 5.74) is 5.96. The molecule has 0 unspecified atom stereocenters. The lowest BCUT2D eigenvalue weighted by Crippen LogP contribution is -2.47. The molecule has 1 aromatic rings. The first kappa shape index (κ1) is 17.7. The molecule has 0 aliphatic carbocycles. The summed E-state index contributed by atoms with van der Waals surface area (Å²) in [5, 5.41) is 8.03. The summed E-state index contributed by atoms with van der Waals surface area (Å²) in [6, 6.07) is 3.42. The number of carbonyl (C=O) groups excluding carboxylic acids is 1. The second-order valence-corrected chi connectivity index (χ2v) is 5.52. The Labute approximate surface area is 132 Å². The van der Waals surface area contributed by atoms with Gasteiger partial charge < -0.3 is 15.5 Å². The maximum Gasteiger partial charge on any atom is 0.239 e. The Hall–Kier alpha value is -1.40. The Bertz CT molecular complexity index is 442. The zero-order chi connectivity index (χ0) is 14.5. The third-order valence-electron chi connectivity index (χ3n) is 3.69. The van der Waals surface area contributed by atoms with Crippen LogP contribution < -0.4 is 10.6 Å². The normalized spacial score (nSPS) is 17.1. The number of rotatable bonds is 3. The molecule has 7 heteroatoms. The summed E-state index contributed by atoms with van der Waals surface area (Å²) in [6.45, 7) is 7.07. The Morgan fingerprint density at radius 3 is 2.67 bits per heavy atom. The first-order valence-electron chi connectivity index (χ1n) is 7.16. The molecule has 1 saturated heterocycles. The van der Waals surface area contributed by atoms with Gasteiger partial charge in [-0.3, -0.25) is 4.79 Å². The highest BCUT2D eigenvalue weighted by Gasteiger charge is 2.25. The van der Waals surface area contributed by atoms with E-state index >= 15 is 0 Å². The van der Waals surface area contributed by atoms with Gasteiger partial charge in [-0.25, -0.2) is 0 Å². The van der Waals surface area contributed by atoms with Gasteiger partial charge in [0.25, 0.3) is 0 Å². The molecule has 0 aromatic carbocycles. The highest BCUT2D eigenvalue weighted by Crippen LogP contribution is 2.13. The third kappa shape index (κ3) is 4.54. The Morgan fingerprint density at radius 2 is 2.05 bits per heavy atom. The van der Waals surface area contributed by atoms with Crippen molar-refractivity contribution in [1.82, 2.24) is 15.1 Å². The molecule has 0 saturated carbocycles. The molecule has 21 heavy (non-hydrogen) atoms. The lowest BCUT2D eigenvalue weighted by molar-refractivity contribution is -0.133. The molecule has 6 nitrogen and oxygen atoms in total. The number of aromatic nitrogens is 2. The van der Waals surface area contributed by atoms with Gasteiger partial charge >= 0.3 is 0 Å². The highest BCUT2D eigenvalue weighted by atomic mass is 35.5. The van der Waals surface area contributed by atoms with Gasteiger partial charge in [0.05, 0.1) is 6.04 Å². The lowest BCUT2D eigenvalue weighted by Gasteiger charge is -2.26. The van der Waals surface area contributed by atoms with Crippen molar-refractivity contribution in [1.29, 1.82) is 0 Å². The van der Waals surface area contributed by atoms with E-state index in [1.54, 1.807) is 6.20 Å². The van der Waals surface area contributed by atoms with Crippen LogP contribution in [0.2, 0.25) is 0 Å². The van der Waals surface area contributed by atoms with Gasteiger partial charge in [-0.2, -0.15) is 5.10 Å². The smallest absolute Gasteiger partial charge is 0.239 e. The summed E-state index contributed by atoms with van der Waals surface area (Å²) in [5.74, 6) is 1.10. The van der Waals surface area contributed by atoms with E-state index < -0.39 is 6.04 Å². The molecule has 0 radical (unpaired) electrons. The minimum atomic E-state index is -0.405. The fourth-order valence-corrected chi connectivity index (χ4v) is 2.32. The van der Waals surface area contributed by atoms with Crippen LogP contribution in [-0.2, 0) is 4.79 Å². The number of amides is 1. The number of carbonyl (C=O) groups is 1. The van der Waals surface area contributed by atoms with Crippen molar-refractivity contribution in [2.45, 2.75) is 26.3 Å². The number of anilines is 1. The van der Waals surface area contributed by atoms with Crippen molar-refractivity contribution >= 4 is 24.1 Å². The van der Waals surface area contributed by atoms with E-state index in [9.17, 15) is 4.79 Å². The zero-order valence-corrected chi connectivity index (χ0v) is 13.4. The van der Waals surface area contributed by atoms with Crippen molar-refractivity contribution in [3.63, 3.8) is 0 Å². The number of hydrogen-bond acceptors (Lipinski definition) is 5. The van der Waals surface area contributed by atoms with E-state index in [1.165, 1.54) is 0 Å². The molecule has 1 aliphatic rings. The van der Waals surface area contributed by atoms with E-state index in [-0.39, 0.29) is 24.2 Å². The van der Waals surface area contributed by atoms with Crippen molar-refractivity contribution in [3.8, 4) is 0 Å². The Balaban J connectivity index is 0.00000220. The van der Waals surface area contributed by atoms with Crippen LogP contribution in [0.4, 0.5) is 5.82 Å². The maximum absolute atomic E-state index is 12.3. The molecule has 2 heterocycles. The Morgan fingerprint density at radius 1 is 1.29 bits per heavy atom. The Kier molecular flexibility index (Phi) is 6.84. The van der Waals surface area contributed by atoms with Gasteiger partial charge in [-0.05, 0) is 24.5 Å². The summed E-state index contributed by atoms with van der Waals surface area (Å²) < 4.78 is 0. The van der Waals surface area contributed by atoms with Crippen molar-refractivity contribution < 1.29 is 4.79 Å². The fraction of sp³-hybridized carbons (Fsp3) is 0.643. The third-order valence-corrected chi connectivity index (χ3v) is 3.69. The standard InChI is InChI=1S/C14H23N5O.ClH/c1-11(2)13(15)14(20)19-8-4-7-18(9-10-19)12-5-3-6-16-17-12;/h3,5-6,11,13H,4,7-10,15H2,1-2H3;1H/t13-;/m0./s1. The van der Waals surface area contributed by atoms with Crippen molar-refractivity contribution in [3.05, 3.63) is 18.3 Å². The first-order valence-corrected chi connectivity index (χ1v) is 7.16.